The van der Waals surface area contributed by atoms with Crippen LogP contribution in [0.15, 0.2) is 65.6 Å². The molecule has 2 aromatic heterocycles. The molecule has 0 bridgehead atoms. The van der Waals surface area contributed by atoms with Crippen molar-refractivity contribution in [2.45, 2.75) is 39.0 Å². The highest BCUT2D eigenvalue weighted by Crippen LogP contribution is 2.33. The Kier molecular flexibility index (Phi) is 6.65. The summed E-state index contributed by atoms with van der Waals surface area (Å²) in [4.78, 5) is 33.0. The van der Waals surface area contributed by atoms with Crippen LogP contribution >= 0.6 is 0 Å². The van der Waals surface area contributed by atoms with Gasteiger partial charge in [0.15, 0.2) is 11.4 Å². The fourth-order valence-corrected chi connectivity index (χ4v) is 5.22. The molecule has 190 valence electrons. The molecule has 3 heterocycles. The lowest BCUT2D eigenvalue weighted by molar-refractivity contribution is 0.0784. The van der Waals surface area contributed by atoms with Gasteiger partial charge in [-0.25, -0.2) is 0 Å². The van der Waals surface area contributed by atoms with E-state index in [0.29, 0.717) is 31.6 Å². The predicted octanol–water partition coefficient (Wildman–Crippen LogP) is 4.09. The van der Waals surface area contributed by atoms with Gasteiger partial charge in [-0.2, -0.15) is 10.1 Å². The minimum atomic E-state index is -0.755. The van der Waals surface area contributed by atoms with Crippen LogP contribution in [0, 0.1) is 0 Å². The number of aryl methyl sites for hydroxylation is 3. The molecule has 0 spiro atoms. The van der Waals surface area contributed by atoms with Gasteiger partial charge >= 0.3 is 0 Å². The number of aromatic hydroxyl groups is 1. The highest BCUT2D eigenvalue weighted by Gasteiger charge is 2.33. The van der Waals surface area contributed by atoms with Gasteiger partial charge < -0.3 is 10.0 Å². The topological polar surface area (TPSA) is 93.2 Å². The number of amides is 1. The maximum atomic E-state index is 13.7. The van der Waals surface area contributed by atoms with Crippen molar-refractivity contribution >= 4 is 5.91 Å². The van der Waals surface area contributed by atoms with Gasteiger partial charge in [-0.05, 0) is 42.0 Å². The van der Waals surface area contributed by atoms with Crippen molar-refractivity contribution in [1.82, 2.24) is 24.2 Å². The number of aromatic nitrogens is 4. The average molecular weight is 498 g/mol. The first-order valence-corrected chi connectivity index (χ1v) is 12.7. The van der Waals surface area contributed by atoms with Crippen LogP contribution in [0.25, 0.3) is 17.2 Å². The van der Waals surface area contributed by atoms with Crippen molar-refractivity contribution < 1.29 is 9.90 Å². The van der Waals surface area contributed by atoms with Gasteiger partial charge in [0.05, 0.1) is 5.69 Å². The van der Waals surface area contributed by atoms with Gasteiger partial charge in [0, 0.05) is 32.3 Å². The molecule has 4 aromatic rings. The number of hydrogen-bond donors (Lipinski definition) is 1. The fourth-order valence-electron chi connectivity index (χ4n) is 5.22. The normalized spacial score (nSPS) is 15.3. The molecule has 1 atom stereocenters. The monoisotopic (exact) mass is 497 g/mol. The molecular formula is C29H31N5O3. The van der Waals surface area contributed by atoms with E-state index in [9.17, 15) is 14.7 Å². The van der Waals surface area contributed by atoms with E-state index >= 15 is 0 Å². The molecule has 0 unspecified atom stereocenters. The number of nitrogens with zero attached hydrogens (tertiary/aromatic N) is 5. The Morgan fingerprint density at radius 3 is 2.35 bits per heavy atom. The molecule has 1 amide bonds. The summed E-state index contributed by atoms with van der Waals surface area (Å²) in [5, 5.41) is 16.1. The van der Waals surface area contributed by atoms with Crippen molar-refractivity contribution in [2.24, 2.45) is 7.05 Å². The molecule has 1 saturated heterocycles. The Morgan fingerprint density at radius 1 is 1.03 bits per heavy atom. The van der Waals surface area contributed by atoms with E-state index in [1.54, 1.807) is 33.5 Å². The van der Waals surface area contributed by atoms with Crippen LogP contribution in [-0.4, -0.2) is 48.3 Å². The Labute approximate surface area is 215 Å². The van der Waals surface area contributed by atoms with Crippen molar-refractivity contribution in [2.75, 3.05) is 13.1 Å². The summed E-state index contributed by atoms with van der Waals surface area (Å²) in [6.45, 7) is 5.05. The first-order chi connectivity index (χ1) is 17.9. The van der Waals surface area contributed by atoms with Gasteiger partial charge in [0.2, 0.25) is 5.88 Å². The summed E-state index contributed by atoms with van der Waals surface area (Å²) < 4.78 is 3.15. The van der Waals surface area contributed by atoms with Crippen molar-refractivity contribution in [3.63, 3.8) is 0 Å². The van der Waals surface area contributed by atoms with Gasteiger partial charge in [-0.3, -0.25) is 18.8 Å². The second-order valence-electron chi connectivity index (χ2n) is 9.43. The Morgan fingerprint density at radius 2 is 1.73 bits per heavy atom. The van der Waals surface area contributed by atoms with Crippen molar-refractivity contribution in [3.05, 3.63) is 93.4 Å². The van der Waals surface area contributed by atoms with Crippen LogP contribution in [0.1, 0.15) is 53.2 Å². The number of likely N-dealkylation sites (tertiary alicyclic amines) is 1. The molecule has 1 N–H and O–H groups in total. The second-order valence-corrected chi connectivity index (χ2v) is 9.43. The number of carbonyl (C=O) groups is 1. The largest absolute Gasteiger partial charge is 0.493 e. The van der Waals surface area contributed by atoms with Crippen LogP contribution < -0.4 is 5.56 Å². The van der Waals surface area contributed by atoms with E-state index in [4.69, 9.17) is 0 Å². The lowest BCUT2D eigenvalue weighted by Gasteiger charge is -2.23. The molecule has 1 aliphatic rings. The van der Waals surface area contributed by atoms with Crippen LogP contribution in [0.5, 0.6) is 5.88 Å². The molecule has 1 aliphatic heterocycles. The molecule has 1 fully saturated rings. The highest BCUT2D eigenvalue weighted by molar-refractivity contribution is 5.96. The van der Waals surface area contributed by atoms with E-state index in [2.05, 4.69) is 22.2 Å². The third-order valence-corrected chi connectivity index (χ3v) is 7.16. The molecule has 8 nitrogen and oxygen atoms in total. The van der Waals surface area contributed by atoms with Crippen LogP contribution in [-0.2, 0) is 19.9 Å². The summed E-state index contributed by atoms with van der Waals surface area (Å²) in [6, 6.07) is 17.7. The molecule has 0 aliphatic carbocycles. The standard InChI is InChI=1S/C29H31N5O3/c1-4-19-12-9-13-20(5-2)25(19)34-26(23-15-16-32(3)31-23)30-27(35)24(29(34)37)28(36)33-17-14-22(18-33)21-10-7-6-8-11-21/h6-13,15-16,22,37H,4-5,14,17-18H2,1-3H3/t22-/m1/s1. The molecule has 37 heavy (non-hydrogen) atoms. The number of carbonyl (C=O) groups excluding carboxylic acids is 1. The highest BCUT2D eigenvalue weighted by atomic mass is 16.3. The summed E-state index contributed by atoms with van der Waals surface area (Å²) in [7, 11) is 1.78. The quantitative estimate of drug-likeness (QED) is 0.433. The van der Waals surface area contributed by atoms with E-state index in [1.165, 1.54) is 0 Å². The van der Waals surface area contributed by atoms with Crippen molar-refractivity contribution in [3.8, 4) is 23.1 Å². The minimum absolute atomic E-state index is 0.183. The third-order valence-electron chi connectivity index (χ3n) is 7.16. The fraction of sp³-hybridized carbons (Fsp3) is 0.310. The number of rotatable bonds is 6. The number of hydrogen-bond acceptors (Lipinski definition) is 5. The maximum absolute atomic E-state index is 13.7. The molecule has 8 heteroatoms. The Balaban J connectivity index is 1.66. The Hall–Kier alpha value is -4.20. The first-order valence-electron chi connectivity index (χ1n) is 12.7. The SMILES string of the molecule is CCc1cccc(CC)c1-n1c(-c2ccn(C)n2)nc(=O)c(C(=O)N2CC[C@@H](c3ccccc3)C2)c1O. The lowest BCUT2D eigenvalue weighted by atomic mass is 9.99. The van der Waals surface area contributed by atoms with Crippen LogP contribution in [0.3, 0.4) is 0 Å². The predicted molar refractivity (Wildman–Crippen MR) is 142 cm³/mol. The zero-order chi connectivity index (χ0) is 26.1. The van der Waals surface area contributed by atoms with Gasteiger partial charge in [0.1, 0.15) is 5.69 Å². The lowest BCUT2D eigenvalue weighted by Crippen LogP contribution is -2.34. The van der Waals surface area contributed by atoms with E-state index in [0.717, 1.165) is 28.8 Å². The molecular weight excluding hydrogens is 466 g/mol. The van der Waals surface area contributed by atoms with E-state index in [1.807, 2.05) is 50.2 Å². The first kappa shape index (κ1) is 24.5. The maximum Gasteiger partial charge on any atom is 0.290 e. The number of para-hydroxylation sites is 1. The average Bonchev–Trinajstić information content (AvgIpc) is 3.58. The van der Waals surface area contributed by atoms with E-state index < -0.39 is 17.3 Å². The molecule has 5 rings (SSSR count). The van der Waals surface area contributed by atoms with Gasteiger partial charge in [-0.15, -0.1) is 0 Å². The third kappa shape index (κ3) is 4.43. The summed E-state index contributed by atoms with van der Waals surface area (Å²) in [6.07, 6.45) is 3.94. The minimum Gasteiger partial charge on any atom is -0.493 e. The second kappa shape index (κ2) is 10.0. The van der Waals surface area contributed by atoms with E-state index in [-0.39, 0.29) is 17.3 Å². The number of benzene rings is 2. The van der Waals surface area contributed by atoms with Gasteiger partial charge in [-0.1, -0.05) is 62.4 Å². The van der Waals surface area contributed by atoms with Crippen LogP contribution in [0.4, 0.5) is 0 Å². The van der Waals surface area contributed by atoms with Crippen LogP contribution in [0.2, 0.25) is 0 Å². The molecule has 2 aromatic carbocycles. The molecule has 0 saturated carbocycles. The molecule has 0 radical (unpaired) electrons. The van der Waals surface area contributed by atoms with Gasteiger partial charge in [0.25, 0.3) is 11.5 Å². The summed E-state index contributed by atoms with van der Waals surface area (Å²) in [5.41, 5.74) is 3.22. The van der Waals surface area contributed by atoms with Crippen molar-refractivity contribution in [1.29, 1.82) is 0 Å². The Bertz CT molecular complexity index is 1480. The zero-order valence-electron chi connectivity index (χ0n) is 21.4. The smallest absolute Gasteiger partial charge is 0.290 e. The summed E-state index contributed by atoms with van der Waals surface area (Å²) >= 11 is 0. The summed E-state index contributed by atoms with van der Waals surface area (Å²) in [5.74, 6) is -0.507. The zero-order valence-corrected chi connectivity index (χ0v) is 21.4.